The third-order valence-corrected chi connectivity index (χ3v) is 3.37. The molecule has 1 aliphatic rings. The van der Waals surface area contributed by atoms with E-state index in [1.54, 1.807) is 6.08 Å². The number of hydrogen-bond acceptors (Lipinski definition) is 4. The molecule has 1 atom stereocenters. The van der Waals surface area contributed by atoms with Gasteiger partial charge in [-0.15, -0.1) is 0 Å². The lowest BCUT2D eigenvalue weighted by Crippen LogP contribution is -2.12. The minimum atomic E-state index is -0.813. The molecule has 0 saturated heterocycles. The van der Waals surface area contributed by atoms with Crippen LogP contribution in [0.4, 0.5) is 0 Å². The van der Waals surface area contributed by atoms with E-state index in [0.29, 0.717) is 24.8 Å². The molecule has 0 aromatic rings. The highest BCUT2D eigenvalue weighted by Gasteiger charge is 2.25. The van der Waals surface area contributed by atoms with E-state index in [2.05, 4.69) is 15.9 Å². The lowest BCUT2D eigenvalue weighted by Gasteiger charge is -2.05. The quantitative estimate of drug-likeness (QED) is 0.567. The molecule has 5 nitrogen and oxygen atoms in total. The topological polar surface area (TPSA) is 80.7 Å². The number of rotatable bonds is 7. The molecule has 1 aliphatic carbocycles. The van der Waals surface area contributed by atoms with Gasteiger partial charge in [-0.25, -0.2) is 0 Å². The highest BCUT2D eigenvalue weighted by atomic mass is 79.9. The molecule has 1 rings (SSSR count). The Morgan fingerprint density at radius 2 is 2.25 bits per heavy atom. The van der Waals surface area contributed by atoms with Gasteiger partial charge in [0.25, 0.3) is 0 Å². The van der Waals surface area contributed by atoms with Crippen molar-refractivity contribution in [1.29, 1.82) is 0 Å². The van der Waals surface area contributed by atoms with Crippen LogP contribution in [0.5, 0.6) is 0 Å². The molecular weight excluding hydrogens is 328 g/mol. The van der Waals surface area contributed by atoms with E-state index in [1.807, 2.05) is 6.08 Å². The molecule has 0 aromatic heterocycles. The van der Waals surface area contributed by atoms with Crippen molar-refractivity contribution in [1.82, 2.24) is 0 Å². The minimum absolute atomic E-state index is 0.0212. The summed E-state index contributed by atoms with van der Waals surface area (Å²) in [5.74, 6) is -1.23. The SMILES string of the molecule is CC(=O)OC1C=C(C/C(Br)=C/CCCC(=O)O)C(=O)C1. The van der Waals surface area contributed by atoms with E-state index in [4.69, 9.17) is 9.84 Å². The van der Waals surface area contributed by atoms with E-state index in [1.165, 1.54) is 6.92 Å². The highest BCUT2D eigenvalue weighted by Crippen LogP contribution is 2.26. The Hall–Kier alpha value is -1.43. The van der Waals surface area contributed by atoms with Crippen molar-refractivity contribution in [3.8, 4) is 0 Å². The van der Waals surface area contributed by atoms with E-state index in [0.717, 1.165) is 4.48 Å². The number of esters is 1. The molecule has 6 heteroatoms. The summed E-state index contributed by atoms with van der Waals surface area (Å²) < 4.78 is 5.82. The van der Waals surface area contributed by atoms with Gasteiger partial charge in [-0.05, 0) is 29.0 Å². The van der Waals surface area contributed by atoms with Crippen molar-refractivity contribution >= 4 is 33.7 Å². The molecule has 1 N–H and O–H groups in total. The average molecular weight is 345 g/mol. The Labute approximate surface area is 125 Å². The summed E-state index contributed by atoms with van der Waals surface area (Å²) in [5.41, 5.74) is 0.623. The number of halogens is 1. The van der Waals surface area contributed by atoms with Gasteiger partial charge in [0.1, 0.15) is 6.10 Å². The fourth-order valence-electron chi connectivity index (χ4n) is 1.90. The van der Waals surface area contributed by atoms with E-state index in [9.17, 15) is 14.4 Å². The Kier molecular flexibility index (Phi) is 6.64. The molecule has 0 saturated carbocycles. The van der Waals surface area contributed by atoms with Gasteiger partial charge < -0.3 is 9.84 Å². The lowest BCUT2D eigenvalue weighted by molar-refractivity contribution is -0.144. The Balaban J connectivity index is 2.46. The molecule has 0 radical (unpaired) electrons. The van der Waals surface area contributed by atoms with Crippen molar-refractivity contribution in [2.75, 3.05) is 0 Å². The number of Topliss-reactive ketones (excluding diaryl/α,β-unsaturated/α-hetero) is 1. The van der Waals surface area contributed by atoms with Crippen molar-refractivity contribution < 1.29 is 24.2 Å². The third kappa shape index (κ3) is 6.14. The van der Waals surface area contributed by atoms with Crippen LogP contribution in [-0.2, 0) is 19.1 Å². The normalized spacial score (nSPS) is 18.9. The fourth-order valence-corrected chi connectivity index (χ4v) is 2.43. The average Bonchev–Trinajstić information content (AvgIpc) is 2.64. The lowest BCUT2D eigenvalue weighted by atomic mass is 10.1. The largest absolute Gasteiger partial charge is 0.481 e. The first-order valence-electron chi connectivity index (χ1n) is 6.36. The molecule has 110 valence electrons. The van der Waals surface area contributed by atoms with Crippen LogP contribution in [0.3, 0.4) is 0 Å². The molecular formula is C14H17BrO5. The van der Waals surface area contributed by atoms with Gasteiger partial charge in [0.2, 0.25) is 0 Å². The predicted molar refractivity (Wildman–Crippen MR) is 76.4 cm³/mol. The number of hydrogen-bond donors (Lipinski definition) is 1. The smallest absolute Gasteiger partial charge is 0.303 e. The Morgan fingerprint density at radius 1 is 1.55 bits per heavy atom. The third-order valence-electron chi connectivity index (χ3n) is 2.77. The van der Waals surface area contributed by atoms with Gasteiger partial charge in [0.15, 0.2) is 5.78 Å². The summed E-state index contributed by atoms with van der Waals surface area (Å²) in [6, 6.07) is 0. The maximum absolute atomic E-state index is 11.7. The predicted octanol–water partition coefficient (Wildman–Crippen LogP) is 2.74. The maximum Gasteiger partial charge on any atom is 0.303 e. The zero-order chi connectivity index (χ0) is 15.1. The maximum atomic E-state index is 11.7. The van der Waals surface area contributed by atoms with Gasteiger partial charge in [-0.3, -0.25) is 14.4 Å². The summed E-state index contributed by atoms with van der Waals surface area (Å²) in [6.07, 6.45) is 5.08. The molecule has 0 amide bonds. The zero-order valence-electron chi connectivity index (χ0n) is 11.2. The van der Waals surface area contributed by atoms with Crippen LogP contribution in [0.2, 0.25) is 0 Å². The van der Waals surface area contributed by atoms with Crippen molar-refractivity contribution in [3.05, 3.63) is 22.2 Å². The number of unbranched alkanes of at least 4 members (excludes halogenated alkanes) is 1. The first-order valence-corrected chi connectivity index (χ1v) is 7.15. The van der Waals surface area contributed by atoms with Gasteiger partial charge in [0.05, 0.1) is 6.42 Å². The number of ketones is 1. The monoisotopic (exact) mass is 344 g/mol. The van der Waals surface area contributed by atoms with Crippen molar-refractivity contribution in [2.45, 2.75) is 45.1 Å². The number of carboxylic acids is 1. The second kappa shape index (κ2) is 7.99. The first-order chi connectivity index (χ1) is 9.38. The number of allylic oxidation sites excluding steroid dienone is 3. The molecule has 0 fully saturated rings. The summed E-state index contributed by atoms with van der Waals surface area (Å²) in [5, 5.41) is 8.52. The van der Waals surface area contributed by atoms with E-state index in [-0.39, 0.29) is 18.6 Å². The molecule has 20 heavy (non-hydrogen) atoms. The summed E-state index contributed by atoms with van der Waals surface area (Å²) in [4.78, 5) is 32.9. The van der Waals surface area contributed by atoms with Gasteiger partial charge in [-0.2, -0.15) is 0 Å². The van der Waals surface area contributed by atoms with Crippen LogP contribution in [0.1, 0.15) is 39.0 Å². The number of carboxylic acid groups (broad SMARTS) is 1. The van der Waals surface area contributed by atoms with E-state index < -0.39 is 18.0 Å². The second-order valence-electron chi connectivity index (χ2n) is 4.58. The summed E-state index contributed by atoms with van der Waals surface area (Å²) >= 11 is 3.37. The fraction of sp³-hybridized carbons (Fsp3) is 0.500. The minimum Gasteiger partial charge on any atom is -0.481 e. The highest BCUT2D eigenvalue weighted by molar-refractivity contribution is 9.11. The summed E-state index contributed by atoms with van der Waals surface area (Å²) in [6.45, 7) is 1.31. The van der Waals surface area contributed by atoms with E-state index >= 15 is 0 Å². The number of ether oxygens (including phenoxy) is 1. The molecule has 0 aliphatic heterocycles. The van der Waals surface area contributed by atoms with Crippen LogP contribution >= 0.6 is 15.9 Å². The van der Waals surface area contributed by atoms with Crippen molar-refractivity contribution in [2.24, 2.45) is 0 Å². The second-order valence-corrected chi connectivity index (χ2v) is 5.60. The Morgan fingerprint density at radius 3 is 2.85 bits per heavy atom. The number of carbonyl (C=O) groups is 3. The van der Waals surface area contributed by atoms with Gasteiger partial charge in [-0.1, -0.05) is 22.0 Å². The Bertz CT molecular complexity index is 464. The number of aliphatic carboxylic acids is 1. The van der Waals surface area contributed by atoms with Crippen LogP contribution in [-0.4, -0.2) is 28.9 Å². The zero-order valence-corrected chi connectivity index (χ0v) is 12.8. The molecule has 0 bridgehead atoms. The van der Waals surface area contributed by atoms with Crippen LogP contribution < -0.4 is 0 Å². The van der Waals surface area contributed by atoms with Crippen molar-refractivity contribution in [3.63, 3.8) is 0 Å². The van der Waals surface area contributed by atoms with Crippen LogP contribution in [0, 0.1) is 0 Å². The molecule has 1 unspecified atom stereocenters. The molecule has 0 heterocycles. The van der Waals surface area contributed by atoms with Gasteiger partial charge in [0, 0.05) is 19.8 Å². The van der Waals surface area contributed by atoms with Gasteiger partial charge >= 0.3 is 11.9 Å². The standard InChI is InChI=1S/C14H17BrO5/c1-9(16)20-12-7-10(13(17)8-12)6-11(15)4-2-3-5-14(18)19/h4,7,12H,2-3,5-6,8H2,1H3,(H,18,19)/b11-4-. The summed E-state index contributed by atoms with van der Waals surface area (Å²) in [7, 11) is 0. The molecule has 0 spiro atoms. The van der Waals surface area contributed by atoms with Crippen LogP contribution in [0.15, 0.2) is 22.2 Å². The number of carbonyl (C=O) groups excluding carboxylic acids is 2. The van der Waals surface area contributed by atoms with Crippen LogP contribution in [0.25, 0.3) is 0 Å². The molecule has 0 aromatic carbocycles. The first kappa shape index (κ1) is 16.6.